The average molecular weight is 363 g/mol. The van der Waals surface area contributed by atoms with Gasteiger partial charge in [0.2, 0.25) is 5.91 Å². The third-order valence-electron chi connectivity index (χ3n) is 3.83. The van der Waals surface area contributed by atoms with Crippen LogP contribution < -0.4 is 15.5 Å². The number of nitrogens with one attached hydrogen (secondary N) is 2. The van der Waals surface area contributed by atoms with Crippen LogP contribution in [-0.2, 0) is 11.3 Å². The maximum atomic E-state index is 11.5. The maximum absolute atomic E-state index is 11.5. The van der Waals surface area contributed by atoms with E-state index >= 15 is 0 Å². The molecule has 1 aromatic heterocycles. The van der Waals surface area contributed by atoms with E-state index in [1.165, 1.54) is 25.7 Å². The lowest BCUT2D eigenvalue weighted by molar-refractivity contribution is -0.121. The van der Waals surface area contributed by atoms with Gasteiger partial charge in [-0.15, -0.1) is 24.8 Å². The van der Waals surface area contributed by atoms with Crippen LogP contribution in [0, 0.1) is 0 Å². The molecular formula is C16H28Cl2N4O. The number of hydrogen-bond donors (Lipinski definition) is 2. The molecule has 0 aliphatic carbocycles. The molecule has 1 amide bonds. The number of anilines is 1. The molecule has 2 N–H and O–H groups in total. The van der Waals surface area contributed by atoms with Crippen LogP contribution in [0.15, 0.2) is 18.3 Å². The molecule has 5 nitrogen and oxygen atoms in total. The van der Waals surface area contributed by atoms with E-state index in [4.69, 9.17) is 0 Å². The van der Waals surface area contributed by atoms with Crippen LogP contribution in [0.4, 0.5) is 5.82 Å². The summed E-state index contributed by atoms with van der Waals surface area (Å²) in [6, 6.07) is 4.13. The molecule has 0 radical (unpaired) electrons. The molecule has 1 fully saturated rings. The molecule has 0 atom stereocenters. The molecule has 0 aromatic carbocycles. The van der Waals surface area contributed by atoms with Gasteiger partial charge in [0.15, 0.2) is 0 Å². The van der Waals surface area contributed by atoms with Crippen LogP contribution in [0.5, 0.6) is 0 Å². The molecule has 0 unspecified atom stereocenters. The van der Waals surface area contributed by atoms with Gasteiger partial charge in [0.1, 0.15) is 5.82 Å². The van der Waals surface area contributed by atoms with Crippen molar-refractivity contribution in [1.29, 1.82) is 0 Å². The lowest BCUT2D eigenvalue weighted by atomic mass is 10.2. The molecule has 1 aliphatic rings. The number of halogens is 2. The lowest BCUT2D eigenvalue weighted by Crippen LogP contribution is -2.26. The highest BCUT2D eigenvalue weighted by molar-refractivity contribution is 5.85. The molecular weight excluding hydrogens is 335 g/mol. The van der Waals surface area contributed by atoms with E-state index in [9.17, 15) is 4.79 Å². The Morgan fingerprint density at radius 1 is 1.17 bits per heavy atom. The van der Waals surface area contributed by atoms with Gasteiger partial charge in [0.25, 0.3) is 0 Å². The molecule has 0 spiro atoms. The highest BCUT2D eigenvalue weighted by Gasteiger charge is 2.10. The van der Waals surface area contributed by atoms with E-state index in [0.29, 0.717) is 19.5 Å². The predicted octanol–water partition coefficient (Wildman–Crippen LogP) is 2.53. The molecule has 1 aliphatic heterocycles. The van der Waals surface area contributed by atoms with Crippen LogP contribution in [0.2, 0.25) is 0 Å². The minimum absolute atomic E-state index is 0. The molecule has 132 valence electrons. The highest BCUT2D eigenvalue weighted by Crippen LogP contribution is 2.17. The van der Waals surface area contributed by atoms with E-state index in [-0.39, 0.29) is 30.7 Å². The van der Waals surface area contributed by atoms with Crippen molar-refractivity contribution in [3.8, 4) is 0 Å². The van der Waals surface area contributed by atoms with Crippen molar-refractivity contribution in [2.75, 3.05) is 31.6 Å². The van der Waals surface area contributed by atoms with Gasteiger partial charge in [0, 0.05) is 38.8 Å². The monoisotopic (exact) mass is 362 g/mol. The van der Waals surface area contributed by atoms with Crippen LogP contribution in [0.3, 0.4) is 0 Å². The number of hydrogen-bond acceptors (Lipinski definition) is 4. The molecule has 2 heterocycles. The van der Waals surface area contributed by atoms with Crippen molar-refractivity contribution >= 4 is 36.5 Å². The van der Waals surface area contributed by atoms with Crippen LogP contribution in [-0.4, -0.2) is 37.6 Å². The second kappa shape index (κ2) is 12.4. The van der Waals surface area contributed by atoms with Crippen molar-refractivity contribution in [2.45, 2.75) is 38.6 Å². The molecule has 0 saturated carbocycles. The van der Waals surface area contributed by atoms with E-state index < -0.39 is 0 Å². The Labute approximate surface area is 151 Å². The Morgan fingerprint density at radius 2 is 1.87 bits per heavy atom. The first-order chi connectivity index (χ1) is 10.3. The molecule has 2 rings (SSSR count). The summed E-state index contributed by atoms with van der Waals surface area (Å²) in [6.07, 6.45) is 7.55. The third kappa shape index (κ3) is 7.86. The highest BCUT2D eigenvalue weighted by atomic mass is 35.5. The summed E-state index contributed by atoms with van der Waals surface area (Å²) >= 11 is 0. The molecule has 1 aromatic rings. The zero-order valence-corrected chi connectivity index (χ0v) is 15.3. The fourth-order valence-corrected chi connectivity index (χ4v) is 2.54. The van der Waals surface area contributed by atoms with Crippen LogP contribution >= 0.6 is 24.8 Å². The Hall–Kier alpha value is -1.04. The standard InChI is InChI=1S/C16H26N4O.2ClH/c1-17-9-8-16(21)19-13-14-6-7-15(18-12-14)20-10-4-2-3-5-11-20;;/h6-7,12,17H,2-5,8-11,13H2,1H3,(H,19,21);2*1H. The normalized spacial score (nSPS) is 14.2. The van der Waals surface area contributed by atoms with E-state index in [1.807, 2.05) is 13.2 Å². The zero-order chi connectivity index (χ0) is 14.9. The van der Waals surface area contributed by atoms with Crippen molar-refractivity contribution in [1.82, 2.24) is 15.6 Å². The molecule has 23 heavy (non-hydrogen) atoms. The first-order valence-electron chi connectivity index (χ1n) is 7.91. The van der Waals surface area contributed by atoms with Crippen molar-refractivity contribution < 1.29 is 4.79 Å². The number of rotatable bonds is 6. The Kier molecular flexibility index (Phi) is 11.8. The zero-order valence-electron chi connectivity index (χ0n) is 13.7. The summed E-state index contributed by atoms with van der Waals surface area (Å²) in [4.78, 5) is 18.5. The fraction of sp³-hybridized carbons (Fsp3) is 0.625. The Balaban J connectivity index is 0.00000242. The minimum Gasteiger partial charge on any atom is -0.357 e. The largest absolute Gasteiger partial charge is 0.357 e. The van der Waals surface area contributed by atoms with E-state index in [0.717, 1.165) is 24.5 Å². The Bertz CT molecular complexity index is 434. The first kappa shape index (κ1) is 22.0. The summed E-state index contributed by atoms with van der Waals surface area (Å²) in [5.74, 6) is 1.13. The van der Waals surface area contributed by atoms with Crippen molar-refractivity contribution in [3.05, 3.63) is 23.9 Å². The van der Waals surface area contributed by atoms with Gasteiger partial charge in [-0.2, -0.15) is 0 Å². The van der Waals surface area contributed by atoms with Crippen LogP contribution in [0.25, 0.3) is 0 Å². The van der Waals surface area contributed by atoms with Gasteiger partial charge >= 0.3 is 0 Å². The van der Waals surface area contributed by atoms with E-state index in [1.54, 1.807) is 0 Å². The van der Waals surface area contributed by atoms with E-state index in [2.05, 4.69) is 32.7 Å². The number of carbonyl (C=O) groups excluding carboxylic acids is 1. The number of carbonyl (C=O) groups is 1. The smallest absolute Gasteiger partial charge is 0.221 e. The second-order valence-corrected chi connectivity index (χ2v) is 5.56. The summed E-state index contributed by atoms with van der Waals surface area (Å²) in [5, 5.41) is 5.88. The van der Waals surface area contributed by atoms with Gasteiger partial charge < -0.3 is 15.5 Å². The third-order valence-corrected chi connectivity index (χ3v) is 3.83. The quantitative estimate of drug-likeness (QED) is 0.816. The summed E-state index contributed by atoms with van der Waals surface area (Å²) in [6.45, 7) is 3.47. The number of amides is 1. The minimum atomic E-state index is 0. The summed E-state index contributed by atoms with van der Waals surface area (Å²) < 4.78 is 0. The first-order valence-corrected chi connectivity index (χ1v) is 7.91. The van der Waals surface area contributed by atoms with Crippen molar-refractivity contribution in [2.24, 2.45) is 0 Å². The topological polar surface area (TPSA) is 57.3 Å². The lowest BCUT2D eigenvalue weighted by Gasteiger charge is -2.21. The average Bonchev–Trinajstić information content (AvgIpc) is 2.80. The second-order valence-electron chi connectivity index (χ2n) is 5.56. The Morgan fingerprint density at radius 3 is 2.43 bits per heavy atom. The summed E-state index contributed by atoms with van der Waals surface area (Å²) in [5.41, 5.74) is 1.05. The fourth-order valence-electron chi connectivity index (χ4n) is 2.54. The molecule has 7 heteroatoms. The van der Waals surface area contributed by atoms with Crippen molar-refractivity contribution in [3.63, 3.8) is 0 Å². The maximum Gasteiger partial charge on any atom is 0.221 e. The van der Waals surface area contributed by atoms with Gasteiger partial charge in [0.05, 0.1) is 0 Å². The van der Waals surface area contributed by atoms with Gasteiger partial charge in [-0.05, 0) is 31.5 Å². The predicted molar refractivity (Wildman–Crippen MR) is 99.8 cm³/mol. The van der Waals surface area contributed by atoms with Gasteiger partial charge in [-0.1, -0.05) is 18.9 Å². The van der Waals surface area contributed by atoms with Gasteiger partial charge in [-0.25, -0.2) is 4.98 Å². The number of nitrogens with zero attached hydrogens (tertiary/aromatic N) is 2. The SMILES string of the molecule is CNCCC(=O)NCc1ccc(N2CCCCCC2)nc1.Cl.Cl. The molecule has 0 bridgehead atoms. The van der Waals surface area contributed by atoms with Gasteiger partial charge in [-0.3, -0.25) is 4.79 Å². The number of pyridine rings is 1. The summed E-state index contributed by atoms with van der Waals surface area (Å²) in [7, 11) is 1.85. The number of aromatic nitrogens is 1. The van der Waals surface area contributed by atoms with Crippen LogP contribution in [0.1, 0.15) is 37.7 Å². The molecule has 1 saturated heterocycles.